The van der Waals surface area contributed by atoms with Crippen LogP contribution in [-0.4, -0.2) is 56.6 Å². The zero-order valence-corrected chi connectivity index (χ0v) is 17.0. The lowest BCUT2D eigenvalue weighted by atomic mass is 10.2. The Kier molecular flexibility index (Phi) is 6.53. The molecule has 1 aromatic carbocycles. The van der Waals surface area contributed by atoms with Crippen LogP contribution in [0.2, 0.25) is 10.0 Å². The lowest BCUT2D eigenvalue weighted by molar-refractivity contribution is -0.385. The van der Waals surface area contributed by atoms with Crippen molar-refractivity contribution in [2.45, 2.75) is 26.4 Å². The molecule has 0 N–H and O–H groups in total. The molecule has 1 aliphatic rings. The third kappa shape index (κ3) is 4.81. The maximum Gasteiger partial charge on any atom is 0.309 e. The molecule has 1 fully saturated rings. The second-order valence-corrected chi connectivity index (χ2v) is 7.57. The first-order chi connectivity index (χ1) is 13.3. The van der Waals surface area contributed by atoms with Crippen LogP contribution in [0.15, 0.2) is 24.4 Å². The van der Waals surface area contributed by atoms with Crippen LogP contribution in [0.3, 0.4) is 0 Å². The zero-order valence-electron chi connectivity index (χ0n) is 15.5. The fraction of sp³-hybridized carbons (Fsp3) is 0.444. The minimum Gasteiger partial charge on any atom is -0.340 e. The van der Waals surface area contributed by atoms with Crippen molar-refractivity contribution in [1.29, 1.82) is 0 Å². The Morgan fingerprint density at radius 3 is 2.54 bits per heavy atom. The highest BCUT2D eigenvalue weighted by molar-refractivity contribution is 6.42. The summed E-state index contributed by atoms with van der Waals surface area (Å²) in [7, 11) is 0. The van der Waals surface area contributed by atoms with Gasteiger partial charge in [0.15, 0.2) is 0 Å². The molecule has 150 valence electrons. The average molecular weight is 426 g/mol. The Morgan fingerprint density at radius 1 is 1.21 bits per heavy atom. The van der Waals surface area contributed by atoms with Crippen LogP contribution in [0.1, 0.15) is 17.7 Å². The molecule has 1 aromatic heterocycles. The van der Waals surface area contributed by atoms with Gasteiger partial charge in [0.25, 0.3) is 0 Å². The van der Waals surface area contributed by atoms with Crippen molar-refractivity contribution >= 4 is 34.8 Å². The molecule has 1 amide bonds. The number of carbonyl (C=O) groups excluding carboxylic acids is 1. The Morgan fingerprint density at radius 2 is 1.93 bits per heavy atom. The van der Waals surface area contributed by atoms with Gasteiger partial charge in [0.05, 0.1) is 21.5 Å². The van der Waals surface area contributed by atoms with Crippen LogP contribution < -0.4 is 0 Å². The van der Waals surface area contributed by atoms with Gasteiger partial charge in [-0.25, -0.2) is 0 Å². The number of carbonyl (C=O) groups is 1. The van der Waals surface area contributed by atoms with E-state index in [1.165, 1.54) is 10.9 Å². The van der Waals surface area contributed by atoms with Crippen molar-refractivity contribution in [3.8, 4) is 0 Å². The van der Waals surface area contributed by atoms with Gasteiger partial charge < -0.3 is 4.90 Å². The molecule has 3 rings (SSSR count). The third-order valence-corrected chi connectivity index (χ3v) is 5.67. The minimum atomic E-state index is -0.465. The van der Waals surface area contributed by atoms with Crippen LogP contribution in [0.5, 0.6) is 0 Å². The first-order valence-corrected chi connectivity index (χ1v) is 9.71. The number of amides is 1. The number of aryl methyl sites for hydroxylation is 1. The predicted octanol–water partition coefficient (Wildman–Crippen LogP) is 3.14. The number of hydrogen-bond acceptors (Lipinski definition) is 5. The zero-order chi connectivity index (χ0) is 20.3. The Labute approximate surface area is 172 Å². The fourth-order valence-corrected chi connectivity index (χ4v) is 3.57. The molecule has 0 unspecified atom stereocenters. The van der Waals surface area contributed by atoms with Crippen LogP contribution in [0.25, 0.3) is 0 Å². The van der Waals surface area contributed by atoms with Crippen molar-refractivity contribution < 1.29 is 9.72 Å². The van der Waals surface area contributed by atoms with Crippen molar-refractivity contribution in [1.82, 2.24) is 19.6 Å². The van der Waals surface area contributed by atoms with Gasteiger partial charge in [-0.15, -0.1) is 0 Å². The number of piperazine rings is 1. The second-order valence-electron chi connectivity index (χ2n) is 6.75. The predicted molar refractivity (Wildman–Crippen MR) is 107 cm³/mol. The molecule has 0 bridgehead atoms. The lowest BCUT2D eigenvalue weighted by Gasteiger charge is -2.35. The third-order valence-electron chi connectivity index (χ3n) is 4.93. The van der Waals surface area contributed by atoms with Crippen molar-refractivity contribution in [2.75, 3.05) is 26.2 Å². The van der Waals surface area contributed by atoms with Crippen molar-refractivity contribution in [2.24, 2.45) is 0 Å². The molecule has 0 aliphatic carbocycles. The number of hydrogen-bond donors (Lipinski definition) is 0. The maximum atomic E-state index is 12.5. The fourth-order valence-electron chi connectivity index (χ4n) is 3.25. The van der Waals surface area contributed by atoms with E-state index in [1.807, 2.05) is 17.0 Å². The van der Waals surface area contributed by atoms with Crippen LogP contribution >= 0.6 is 23.2 Å². The number of aromatic nitrogens is 2. The summed E-state index contributed by atoms with van der Waals surface area (Å²) in [6.07, 6.45) is 1.49. The van der Waals surface area contributed by atoms with E-state index in [0.717, 1.165) is 25.2 Å². The van der Waals surface area contributed by atoms with Gasteiger partial charge in [0.2, 0.25) is 5.91 Å². The number of rotatable bonds is 6. The molecule has 1 saturated heterocycles. The van der Waals surface area contributed by atoms with E-state index in [-0.39, 0.29) is 18.0 Å². The molecular weight excluding hydrogens is 405 g/mol. The van der Waals surface area contributed by atoms with Gasteiger partial charge in [0, 0.05) is 39.1 Å². The number of benzene rings is 1. The molecule has 0 saturated carbocycles. The van der Waals surface area contributed by atoms with Crippen LogP contribution in [0.4, 0.5) is 5.69 Å². The smallest absolute Gasteiger partial charge is 0.309 e. The first kappa shape index (κ1) is 20.6. The lowest BCUT2D eigenvalue weighted by Crippen LogP contribution is -2.48. The Balaban J connectivity index is 1.47. The quantitative estimate of drug-likeness (QED) is 0.524. The molecule has 0 atom stereocenters. The number of halogens is 2. The second kappa shape index (κ2) is 8.89. The topological polar surface area (TPSA) is 84.5 Å². The molecule has 2 heterocycles. The summed E-state index contributed by atoms with van der Waals surface area (Å²) in [4.78, 5) is 27.0. The Bertz CT molecular complexity index is 878. The van der Waals surface area contributed by atoms with Gasteiger partial charge >= 0.3 is 5.69 Å². The van der Waals surface area contributed by atoms with E-state index in [4.69, 9.17) is 23.2 Å². The SMILES string of the molecule is Cc1c([N+](=O)[O-])cnn1CCC(=O)N1CCN(Cc2ccc(Cl)c(Cl)c2)CC1. The molecular formula is C18H21Cl2N5O3. The van der Waals surface area contributed by atoms with E-state index < -0.39 is 4.92 Å². The van der Waals surface area contributed by atoms with E-state index in [2.05, 4.69) is 10.00 Å². The summed E-state index contributed by atoms with van der Waals surface area (Å²) in [5.74, 6) is 0.0340. The summed E-state index contributed by atoms with van der Waals surface area (Å²) < 4.78 is 1.51. The summed E-state index contributed by atoms with van der Waals surface area (Å²) >= 11 is 12.0. The normalized spacial score (nSPS) is 15.0. The van der Waals surface area contributed by atoms with E-state index in [9.17, 15) is 14.9 Å². The summed E-state index contributed by atoms with van der Waals surface area (Å²) in [6.45, 7) is 5.59. The van der Waals surface area contributed by atoms with E-state index >= 15 is 0 Å². The Hall–Kier alpha value is -2.16. The van der Waals surface area contributed by atoms with Crippen LogP contribution in [-0.2, 0) is 17.9 Å². The average Bonchev–Trinajstić information content (AvgIpc) is 3.04. The number of nitrogens with zero attached hydrogens (tertiary/aromatic N) is 5. The molecule has 1 aliphatic heterocycles. The highest BCUT2D eigenvalue weighted by Gasteiger charge is 2.22. The van der Waals surface area contributed by atoms with Gasteiger partial charge in [-0.3, -0.25) is 24.5 Å². The largest absolute Gasteiger partial charge is 0.340 e. The molecule has 8 nitrogen and oxygen atoms in total. The monoisotopic (exact) mass is 425 g/mol. The van der Waals surface area contributed by atoms with Crippen molar-refractivity contribution in [3.05, 3.63) is 55.8 Å². The minimum absolute atomic E-state index is 0.0247. The maximum absolute atomic E-state index is 12.5. The highest BCUT2D eigenvalue weighted by Crippen LogP contribution is 2.23. The molecule has 28 heavy (non-hydrogen) atoms. The summed E-state index contributed by atoms with van der Waals surface area (Å²) in [6, 6.07) is 5.62. The number of nitro groups is 1. The van der Waals surface area contributed by atoms with E-state index in [1.54, 1.807) is 13.0 Å². The van der Waals surface area contributed by atoms with Gasteiger partial charge in [0.1, 0.15) is 11.9 Å². The molecule has 10 heteroatoms. The standard InChI is InChI=1S/C18H21Cl2N5O3/c1-13-17(25(27)28)11-21-24(13)5-4-18(26)23-8-6-22(7-9-23)12-14-2-3-15(19)16(20)10-14/h2-3,10-11H,4-9,12H2,1H3. The van der Waals surface area contributed by atoms with Crippen molar-refractivity contribution in [3.63, 3.8) is 0 Å². The molecule has 0 spiro atoms. The van der Waals surface area contributed by atoms with Crippen LogP contribution in [0, 0.1) is 17.0 Å². The van der Waals surface area contributed by atoms with E-state index in [0.29, 0.717) is 35.4 Å². The first-order valence-electron chi connectivity index (χ1n) is 8.96. The summed E-state index contributed by atoms with van der Waals surface area (Å²) in [5.41, 5.74) is 1.53. The van der Waals surface area contributed by atoms with Gasteiger partial charge in [-0.05, 0) is 24.6 Å². The summed E-state index contributed by atoms with van der Waals surface area (Å²) in [5, 5.41) is 16.0. The molecule has 0 radical (unpaired) electrons. The molecule has 2 aromatic rings. The van der Waals surface area contributed by atoms with Gasteiger partial charge in [-0.2, -0.15) is 5.10 Å². The van der Waals surface area contributed by atoms with Gasteiger partial charge in [-0.1, -0.05) is 29.3 Å². The highest BCUT2D eigenvalue weighted by atomic mass is 35.5.